The molecule has 1 N–H and O–H groups in total. The maximum Gasteiger partial charge on any atom is 0.157 e. The fourth-order valence-electron chi connectivity index (χ4n) is 1.69. The smallest absolute Gasteiger partial charge is 0.157 e. The number of ether oxygens (including phenoxy) is 2. The van der Waals surface area contributed by atoms with E-state index in [2.05, 4.69) is 17.3 Å². The third-order valence-corrected chi connectivity index (χ3v) is 2.50. The van der Waals surface area contributed by atoms with Crippen LogP contribution in [0.4, 0.5) is 0 Å². The van der Waals surface area contributed by atoms with Gasteiger partial charge in [0, 0.05) is 19.6 Å². The molecule has 2 heterocycles. The molecule has 2 rings (SSSR count). The lowest BCUT2D eigenvalue weighted by Gasteiger charge is -2.23. The summed E-state index contributed by atoms with van der Waals surface area (Å²) in [6.07, 6.45) is 4.92. The first-order valence-corrected chi connectivity index (χ1v) is 5.86. The van der Waals surface area contributed by atoms with Crippen molar-refractivity contribution in [1.82, 2.24) is 15.1 Å². The number of hydrogen-bond acceptors (Lipinski definition) is 4. The van der Waals surface area contributed by atoms with Crippen molar-refractivity contribution in [3.63, 3.8) is 0 Å². The van der Waals surface area contributed by atoms with Crippen LogP contribution < -0.4 is 10.1 Å². The van der Waals surface area contributed by atoms with Crippen LogP contribution in [0.15, 0.2) is 12.4 Å². The number of aryl methyl sites for hydroxylation is 1. The largest absolute Gasteiger partial charge is 0.488 e. The van der Waals surface area contributed by atoms with Crippen LogP contribution in [-0.2, 0) is 11.3 Å². The van der Waals surface area contributed by atoms with Gasteiger partial charge in [0.15, 0.2) is 5.75 Å². The minimum Gasteiger partial charge on any atom is -0.488 e. The van der Waals surface area contributed by atoms with E-state index in [1.165, 1.54) is 0 Å². The van der Waals surface area contributed by atoms with E-state index in [0.29, 0.717) is 6.61 Å². The lowest BCUT2D eigenvalue weighted by atomic mass is 10.3. The highest BCUT2D eigenvalue weighted by Gasteiger charge is 2.14. The number of nitrogens with zero attached hydrogens (tertiary/aromatic N) is 2. The maximum absolute atomic E-state index is 5.62. The molecule has 16 heavy (non-hydrogen) atoms. The molecule has 0 aliphatic carbocycles. The van der Waals surface area contributed by atoms with E-state index in [-0.39, 0.29) is 6.10 Å². The highest BCUT2D eigenvalue weighted by Crippen LogP contribution is 2.09. The van der Waals surface area contributed by atoms with Crippen LogP contribution in [0, 0.1) is 0 Å². The van der Waals surface area contributed by atoms with Crippen molar-refractivity contribution in [3.05, 3.63) is 12.4 Å². The number of nitrogens with one attached hydrogen (secondary N) is 1. The van der Waals surface area contributed by atoms with Crippen LogP contribution >= 0.6 is 0 Å². The molecule has 0 amide bonds. The van der Waals surface area contributed by atoms with Gasteiger partial charge in [0.25, 0.3) is 0 Å². The van der Waals surface area contributed by atoms with Gasteiger partial charge in [0.05, 0.1) is 19.0 Å². The Morgan fingerprint density at radius 3 is 3.38 bits per heavy atom. The highest BCUT2D eigenvalue weighted by atomic mass is 16.5. The Balaban J connectivity index is 1.75. The van der Waals surface area contributed by atoms with E-state index in [9.17, 15) is 0 Å². The normalized spacial score (nSPS) is 20.9. The molecule has 1 aromatic heterocycles. The second kappa shape index (κ2) is 5.86. The van der Waals surface area contributed by atoms with Gasteiger partial charge in [-0.05, 0) is 6.42 Å². The van der Waals surface area contributed by atoms with Gasteiger partial charge in [-0.2, -0.15) is 5.10 Å². The summed E-state index contributed by atoms with van der Waals surface area (Å²) in [6, 6.07) is 0. The van der Waals surface area contributed by atoms with Gasteiger partial charge in [0.2, 0.25) is 0 Å². The Kier molecular flexibility index (Phi) is 4.18. The monoisotopic (exact) mass is 225 g/mol. The van der Waals surface area contributed by atoms with Crippen molar-refractivity contribution in [3.8, 4) is 5.75 Å². The van der Waals surface area contributed by atoms with Gasteiger partial charge in [-0.3, -0.25) is 4.68 Å². The molecule has 5 nitrogen and oxygen atoms in total. The molecule has 0 saturated carbocycles. The molecule has 1 aromatic rings. The molecule has 1 atom stereocenters. The average Bonchev–Trinajstić information content (AvgIpc) is 2.76. The summed E-state index contributed by atoms with van der Waals surface area (Å²) >= 11 is 0. The van der Waals surface area contributed by atoms with E-state index in [1.54, 1.807) is 6.20 Å². The minimum absolute atomic E-state index is 0.156. The summed E-state index contributed by atoms with van der Waals surface area (Å²) in [5, 5.41) is 7.48. The third-order valence-electron chi connectivity index (χ3n) is 2.50. The summed E-state index contributed by atoms with van der Waals surface area (Å²) in [6.45, 7) is 6.22. The molecule has 1 aliphatic rings. The van der Waals surface area contributed by atoms with Gasteiger partial charge in [-0.25, -0.2) is 0 Å². The van der Waals surface area contributed by atoms with E-state index in [1.807, 2.05) is 10.9 Å². The van der Waals surface area contributed by atoms with Crippen molar-refractivity contribution in [2.45, 2.75) is 26.0 Å². The molecule has 1 unspecified atom stereocenters. The van der Waals surface area contributed by atoms with Crippen molar-refractivity contribution in [2.75, 3.05) is 26.3 Å². The van der Waals surface area contributed by atoms with E-state index in [0.717, 1.165) is 38.4 Å². The predicted molar refractivity (Wildman–Crippen MR) is 60.6 cm³/mol. The van der Waals surface area contributed by atoms with Crippen LogP contribution in [0.2, 0.25) is 0 Å². The van der Waals surface area contributed by atoms with Gasteiger partial charge in [-0.1, -0.05) is 6.92 Å². The summed E-state index contributed by atoms with van der Waals surface area (Å²) in [5.74, 6) is 0.822. The number of rotatable bonds is 5. The first-order chi connectivity index (χ1) is 7.88. The summed E-state index contributed by atoms with van der Waals surface area (Å²) in [5.41, 5.74) is 0. The van der Waals surface area contributed by atoms with Gasteiger partial charge < -0.3 is 14.8 Å². The molecular formula is C11H19N3O2. The molecule has 1 saturated heterocycles. The fraction of sp³-hybridized carbons (Fsp3) is 0.727. The zero-order valence-corrected chi connectivity index (χ0v) is 9.69. The molecule has 5 heteroatoms. The summed E-state index contributed by atoms with van der Waals surface area (Å²) < 4.78 is 13.1. The molecule has 90 valence electrons. The van der Waals surface area contributed by atoms with Gasteiger partial charge in [-0.15, -0.1) is 0 Å². The summed E-state index contributed by atoms with van der Waals surface area (Å²) in [7, 11) is 0. The quantitative estimate of drug-likeness (QED) is 0.799. The Labute approximate surface area is 95.7 Å². The SMILES string of the molecule is CCCn1cc(OCC2CNCCO2)cn1. The van der Waals surface area contributed by atoms with Gasteiger partial charge in [0.1, 0.15) is 12.7 Å². The van der Waals surface area contributed by atoms with Crippen LogP contribution in [0.25, 0.3) is 0 Å². The molecule has 0 bridgehead atoms. The molecule has 0 spiro atoms. The maximum atomic E-state index is 5.62. The first kappa shape index (κ1) is 11.4. The number of hydrogen-bond donors (Lipinski definition) is 1. The standard InChI is InChI=1S/C11H19N3O2/c1-2-4-14-8-10(7-13-14)16-9-11-6-12-3-5-15-11/h7-8,11-12H,2-6,9H2,1H3. The average molecular weight is 225 g/mol. The van der Waals surface area contributed by atoms with Crippen molar-refractivity contribution in [1.29, 1.82) is 0 Å². The van der Waals surface area contributed by atoms with E-state index < -0.39 is 0 Å². The van der Waals surface area contributed by atoms with E-state index in [4.69, 9.17) is 9.47 Å². The predicted octanol–water partition coefficient (Wildman–Crippen LogP) is 0.660. The van der Waals surface area contributed by atoms with Crippen LogP contribution in [-0.4, -0.2) is 42.2 Å². The number of morpholine rings is 1. The van der Waals surface area contributed by atoms with Crippen molar-refractivity contribution >= 4 is 0 Å². The molecular weight excluding hydrogens is 206 g/mol. The second-order valence-corrected chi connectivity index (χ2v) is 3.95. The molecule has 0 radical (unpaired) electrons. The fourth-order valence-corrected chi connectivity index (χ4v) is 1.69. The third kappa shape index (κ3) is 3.21. The number of aromatic nitrogens is 2. The van der Waals surface area contributed by atoms with Crippen molar-refractivity contribution < 1.29 is 9.47 Å². The lowest BCUT2D eigenvalue weighted by molar-refractivity contribution is 0.000176. The highest BCUT2D eigenvalue weighted by molar-refractivity contribution is 5.11. The van der Waals surface area contributed by atoms with Crippen LogP contribution in [0.5, 0.6) is 5.75 Å². The Morgan fingerprint density at radius 2 is 2.62 bits per heavy atom. The molecule has 1 aliphatic heterocycles. The van der Waals surface area contributed by atoms with Crippen LogP contribution in [0.3, 0.4) is 0 Å². The lowest BCUT2D eigenvalue weighted by Crippen LogP contribution is -2.41. The zero-order valence-electron chi connectivity index (χ0n) is 9.69. The Morgan fingerprint density at radius 1 is 1.69 bits per heavy atom. The first-order valence-electron chi connectivity index (χ1n) is 5.86. The van der Waals surface area contributed by atoms with Gasteiger partial charge >= 0.3 is 0 Å². The zero-order chi connectivity index (χ0) is 11.2. The Bertz CT molecular complexity index is 308. The van der Waals surface area contributed by atoms with E-state index >= 15 is 0 Å². The molecule has 1 fully saturated rings. The topological polar surface area (TPSA) is 48.3 Å². The minimum atomic E-state index is 0.156. The molecule has 0 aromatic carbocycles. The van der Waals surface area contributed by atoms with Crippen LogP contribution in [0.1, 0.15) is 13.3 Å². The second-order valence-electron chi connectivity index (χ2n) is 3.95. The Hall–Kier alpha value is -1.07. The van der Waals surface area contributed by atoms with Crippen molar-refractivity contribution in [2.24, 2.45) is 0 Å². The summed E-state index contributed by atoms with van der Waals surface area (Å²) in [4.78, 5) is 0.